The van der Waals surface area contributed by atoms with Gasteiger partial charge in [-0.05, 0) is 29.5 Å². The van der Waals surface area contributed by atoms with Gasteiger partial charge in [0.25, 0.3) is 0 Å². The fourth-order valence-electron chi connectivity index (χ4n) is 2.22. The van der Waals surface area contributed by atoms with Gasteiger partial charge in [0, 0.05) is 6.92 Å². The first-order chi connectivity index (χ1) is 8.47. The van der Waals surface area contributed by atoms with Crippen LogP contribution in [0.4, 0.5) is 0 Å². The number of aryl methyl sites for hydroxylation is 1. The molecule has 1 aromatic carbocycles. The van der Waals surface area contributed by atoms with Gasteiger partial charge < -0.3 is 9.52 Å². The summed E-state index contributed by atoms with van der Waals surface area (Å²) in [7, 11) is 0. The molecular formula is C14H17NO3. The van der Waals surface area contributed by atoms with E-state index in [1.807, 2.05) is 32.0 Å². The van der Waals surface area contributed by atoms with Crippen LogP contribution in [-0.4, -0.2) is 16.1 Å². The van der Waals surface area contributed by atoms with Crippen LogP contribution in [0.3, 0.4) is 0 Å². The first-order valence-corrected chi connectivity index (χ1v) is 6.06. The number of benzene rings is 1. The molecule has 2 aromatic rings. The van der Waals surface area contributed by atoms with E-state index in [4.69, 9.17) is 9.52 Å². The molecule has 0 spiro atoms. The molecule has 1 heterocycles. The molecule has 0 aliphatic carbocycles. The number of carbonyl (C=O) groups is 1. The van der Waals surface area contributed by atoms with Crippen LogP contribution in [0.1, 0.15) is 37.6 Å². The summed E-state index contributed by atoms with van der Waals surface area (Å²) in [4.78, 5) is 15.2. The first kappa shape index (κ1) is 12.6. The summed E-state index contributed by atoms with van der Waals surface area (Å²) in [5.74, 6) is 0.127. The molecule has 0 bridgehead atoms. The van der Waals surface area contributed by atoms with E-state index < -0.39 is 5.97 Å². The number of oxazole rings is 1. The summed E-state index contributed by atoms with van der Waals surface area (Å²) < 4.78 is 5.42. The Hall–Kier alpha value is -1.84. The lowest BCUT2D eigenvalue weighted by atomic mass is 9.86. The number of hydrogen-bond donors (Lipinski definition) is 1. The lowest BCUT2D eigenvalue weighted by molar-refractivity contribution is -0.137. The Morgan fingerprint density at radius 1 is 1.44 bits per heavy atom. The minimum Gasteiger partial charge on any atom is -0.481 e. The zero-order chi connectivity index (χ0) is 13.3. The molecule has 0 radical (unpaired) electrons. The molecule has 0 aliphatic heterocycles. The SMILES string of the molecule is Cc1nc2cc(C(CC(=O)O)C(C)C)ccc2o1. The predicted octanol–water partition coefficient (Wildman–Crippen LogP) is 3.35. The number of fused-ring (bicyclic) bond motifs is 1. The molecule has 1 aromatic heterocycles. The zero-order valence-electron chi connectivity index (χ0n) is 10.8. The second-order valence-electron chi connectivity index (χ2n) is 4.91. The van der Waals surface area contributed by atoms with Crippen LogP contribution in [-0.2, 0) is 4.79 Å². The van der Waals surface area contributed by atoms with Crippen molar-refractivity contribution >= 4 is 17.1 Å². The topological polar surface area (TPSA) is 63.3 Å². The Morgan fingerprint density at radius 3 is 2.78 bits per heavy atom. The third kappa shape index (κ3) is 2.53. The average Bonchev–Trinajstić information content (AvgIpc) is 2.64. The monoisotopic (exact) mass is 247 g/mol. The number of hydrogen-bond acceptors (Lipinski definition) is 3. The average molecular weight is 247 g/mol. The van der Waals surface area contributed by atoms with Crippen molar-refractivity contribution in [1.29, 1.82) is 0 Å². The normalized spacial score (nSPS) is 13.1. The van der Waals surface area contributed by atoms with Crippen LogP contribution in [0, 0.1) is 12.8 Å². The molecule has 4 heteroatoms. The van der Waals surface area contributed by atoms with E-state index in [-0.39, 0.29) is 18.3 Å². The molecule has 0 saturated heterocycles. The molecule has 1 atom stereocenters. The van der Waals surface area contributed by atoms with Gasteiger partial charge >= 0.3 is 5.97 Å². The van der Waals surface area contributed by atoms with Crippen LogP contribution >= 0.6 is 0 Å². The largest absolute Gasteiger partial charge is 0.481 e. The maximum Gasteiger partial charge on any atom is 0.303 e. The Labute approximate surface area is 106 Å². The number of carboxylic acid groups (broad SMARTS) is 1. The fraction of sp³-hybridized carbons (Fsp3) is 0.429. The van der Waals surface area contributed by atoms with Crippen LogP contribution in [0.15, 0.2) is 22.6 Å². The van der Waals surface area contributed by atoms with E-state index in [0.717, 1.165) is 16.7 Å². The molecule has 0 fully saturated rings. The van der Waals surface area contributed by atoms with E-state index >= 15 is 0 Å². The highest BCUT2D eigenvalue weighted by Gasteiger charge is 2.20. The molecular weight excluding hydrogens is 230 g/mol. The minimum atomic E-state index is -0.773. The van der Waals surface area contributed by atoms with Gasteiger partial charge in [0.15, 0.2) is 11.5 Å². The van der Waals surface area contributed by atoms with Crippen molar-refractivity contribution in [3.05, 3.63) is 29.7 Å². The van der Waals surface area contributed by atoms with Gasteiger partial charge in [0.2, 0.25) is 0 Å². The van der Waals surface area contributed by atoms with Crippen LogP contribution in [0.2, 0.25) is 0 Å². The van der Waals surface area contributed by atoms with Crippen molar-refractivity contribution in [1.82, 2.24) is 4.98 Å². The summed E-state index contributed by atoms with van der Waals surface area (Å²) in [6.45, 7) is 5.87. The summed E-state index contributed by atoms with van der Waals surface area (Å²) in [6.07, 6.45) is 0.139. The standard InChI is InChI=1S/C14H17NO3/c1-8(2)11(7-14(16)17)10-4-5-13-12(6-10)15-9(3)18-13/h4-6,8,11H,7H2,1-3H3,(H,16,17). The first-order valence-electron chi connectivity index (χ1n) is 6.06. The van der Waals surface area contributed by atoms with Crippen molar-refractivity contribution in [2.75, 3.05) is 0 Å². The summed E-state index contributed by atoms with van der Waals surface area (Å²) in [5, 5.41) is 8.98. The quantitative estimate of drug-likeness (QED) is 0.899. The maximum atomic E-state index is 10.9. The molecule has 2 rings (SSSR count). The van der Waals surface area contributed by atoms with Gasteiger partial charge in [0.1, 0.15) is 5.52 Å². The van der Waals surface area contributed by atoms with Crippen LogP contribution in [0.25, 0.3) is 11.1 Å². The third-order valence-electron chi connectivity index (χ3n) is 3.15. The summed E-state index contributed by atoms with van der Waals surface area (Å²) in [6, 6.07) is 5.72. The second kappa shape index (κ2) is 4.80. The lowest BCUT2D eigenvalue weighted by Gasteiger charge is -2.19. The molecule has 0 amide bonds. The van der Waals surface area contributed by atoms with Gasteiger partial charge in [0.05, 0.1) is 6.42 Å². The number of aliphatic carboxylic acids is 1. The molecule has 0 aliphatic rings. The van der Waals surface area contributed by atoms with Crippen molar-refractivity contribution < 1.29 is 14.3 Å². The van der Waals surface area contributed by atoms with Crippen LogP contribution in [0.5, 0.6) is 0 Å². The highest BCUT2D eigenvalue weighted by molar-refractivity contribution is 5.74. The van der Waals surface area contributed by atoms with E-state index in [9.17, 15) is 4.79 Å². The summed E-state index contributed by atoms with van der Waals surface area (Å²) in [5.41, 5.74) is 2.54. The number of nitrogens with zero attached hydrogens (tertiary/aromatic N) is 1. The van der Waals surface area contributed by atoms with Crippen molar-refractivity contribution in [2.24, 2.45) is 5.92 Å². The lowest BCUT2D eigenvalue weighted by Crippen LogP contribution is -2.12. The number of rotatable bonds is 4. The van der Waals surface area contributed by atoms with Gasteiger partial charge in [-0.15, -0.1) is 0 Å². The van der Waals surface area contributed by atoms with Gasteiger partial charge in [-0.2, -0.15) is 0 Å². The number of carboxylic acids is 1. The fourth-order valence-corrected chi connectivity index (χ4v) is 2.22. The Morgan fingerprint density at radius 2 is 2.17 bits per heavy atom. The second-order valence-corrected chi connectivity index (χ2v) is 4.91. The van der Waals surface area contributed by atoms with Gasteiger partial charge in [-0.3, -0.25) is 4.79 Å². The maximum absolute atomic E-state index is 10.9. The van der Waals surface area contributed by atoms with Gasteiger partial charge in [-0.1, -0.05) is 19.9 Å². The van der Waals surface area contributed by atoms with E-state index in [1.54, 1.807) is 6.92 Å². The predicted molar refractivity (Wildman–Crippen MR) is 68.6 cm³/mol. The Bertz CT molecular complexity index is 571. The van der Waals surface area contributed by atoms with E-state index in [0.29, 0.717) is 5.89 Å². The zero-order valence-corrected chi connectivity index (χ0v) is 10.8. The van der Waals surface area contributed by atoms with Gasteiger partial charge in [-0.25, -0.2) is 4.98 Å². The van der Waals surface area contributed by atoms with E-state index in [2.05, 4.69) is 4.98 Å². The minimum absolute atomic E-state index is 0.00362. The highest BCUT2D eigenvalue weighted by atomic mass is 16.4. The van der Waals surface area contributed by atoms with E-state index in [1.165, 1.54) is 0 Å². The van der Waals surface area contributed by atoms with Crippen molar-refractivity contribution in [3.63, 3.8) is 0 Å². The molecule has 96 valence electrons. The third-order valence-corrected chi connectivity index (χ3v) is 3.15. The Kier molecular flexibility index (Phi) is 3.36. The molecule has 0 saturated carbocycles. The highest BCUT2D eigenvalue weighted by Crippen LogP contribution is 2.30. The molecule has 4 nitrogen and oxygen atoms in total. The molecule has 1 unspecified atom stereocenters. The smallest absolute Gasteiger partial charge is 0.303 e. The van der Waals surface area contributed by atoms with Crippen molar-refractivity contribution in [2.45, 2.75) is 33.1 Å². The molecule has 1 N–H and O–H groups in total. The van der Waals surface area contributed by atoms with Crippen molar-refractivity contribution in [3.8, 4) is 0 Å². The van der Waals surface area contributed by atoms with Crippen LogP contribution < -0.4 is 0 Å². The Balaban J connectivity index is 2.40. The molecule has 18 heavy (non-hydrogen) atoms. The number of aromatic nitrogens is 1. The summed E-state index contributed by atoms with van der Waals surface area (Å²) >= 11 is 0.